The maximum Gasteiger partial charge on any atom is 0.133 e. The van der Waals surface area contributed by atoms with E-state index in [-0.39, 0.29) is 6.04 Å². The maximum atomic E-state index is 6.40. The Hall–Kier alpha value is -1.36. The Bertz CT molecular complexity index is 657. The highest BCUT2D eigenvalue weighted by Crippen LogP contribution is 2.31. The van der Waals surface area contributed by atoms with Crippen LogP contribution in [-0.4, -0.2) is 6.61 Å². The lowest BCUT2D eigenvalue weighted by Crippen LogP contribution is -2.12. The molecular weight excluding hydrogens is 330 g/mol. The molecule has 0 aromatic heterocycles. The summed E-state index contributed by atoms with van der Waals surface area (Å²) in [5.74, 6) is 0.843. The van der Waals surface area contributed by atoms with Crippen LogP contribution in [0.1, 0.15) is 35.2 Å². The van der Waals surface area contributed by atoms with E-state index in [2.05, 4.69) is 34.1 Å². The Morgan fingerprint density at radius 1 is 1.14 bits per heavy atom. The van der Waals surface area contributed by atoms with Crippen molar-refractivity contribution in [2.24, 2.45) is 5.73 Å². The summed E-state index contributed by atoms with van der Waals surface area (Å²) in [6.45, 7) is 4.01. The van der Waals surface area contributed by atoms with Crippen LogP contribution in [0.3, 0.4) is 0 Å². The fourth-order valence-electron chi connectivity index (χ4n) is 2.56. The van der Waals surface area contributed by atoms with E-state index in [4.69, 9.17) is 15.2 Å². The minimum atomic E-state index is -0.150. The summed E-state index contributed by atoms with van der Waals surface area (Å²) in [4.78, 5) is 0. The molecule has 0 spiro atoms. The monoisotopic (exact) mass is 347 g/mol. The van der Waals surface area contributed by atoms with Crippen molar-refractivity contribution in [2.45, 2.75) is 26.2 Å². The molecule has 0 bridgehead atoms. The number of ether oxygens (including phenoxy) is 2. The molecule has 1 unspecified atom stereocenters. The number of hydrogen-bond donors (Lipinski definition) is 1. The van der Waals surface area contributed by atoms with Crippen LogP contribution in [-0.2, 0) is 18.0 Å². The van der Waals surface area contributed by atoms with Crippen molar-refractivity contribution in [3.8, 4) is 5.75 Å². The predicted octanol–water partition coefficient (Wildman–Crippen LogP) is 3.93. The number of fused-ring (bicyclic) bond motifs is 1. The van der Waals surface area contributed by atoms with Crippen molar-refractivity contribution >= 4 is 15.9 Å². The van der Waals surface area contributed by atoms with Gasteiger partial charge < -0.3 is 15.2 Å². The van der Waals surface area contributed by atoms with Gasteiger partial charge in [0.05, 0.1) is 30.3 Å². The van der Waals surface area contributed by atoms with Crippen molar-refractivity contribution in [3.63, 3.8) is 0 Å². The SMILES string of the molecule is CCOc1ccc(C(N)c2ccc3c(c2)COC3)cc1Br. The van der Waals surface area contributed by atoms with E-state index in [1.165, 1.54) is 11.1 Å². The zero-order chi connectivity index (χ0) is 14.8. The first-order valence-electron chi connectivity index (χ1n) is 7.06. The Labute approximate surface area is 133 Å². The van der Waals surface area contributed by atoms with Crippen LogP contribution in [0.25, 0.3) is 0 Å². The number of halogens is 1. The summed E-state index contributed by atoms with van der Waals surface area (Å²) in [7, 11) is 0. The van der Waals surface area contributed by atoms with Crippen molar-refractivity contribution in [2.75, 3.05) is 6.61 Å². The van der Waals surface area contributed by atoms with Gasteiger partial charge >= 0.3 is 0 Å². The highest BCUT2D eigenvalue weighted by Gasteiger charge is 2.16. The van der Waals surface area contributed by atoms with Gasteiger partial charge in [-0.05, 0) is 57.2 Å². The fraction of sp³-hybridized carbons (Fsp3) is 0.294. The molecule has 0 saturated carbocycles. The van der Waals surface area contributed by atoms with E-state index in [1.807, 2.05) is 25.1 Å². The third-order valence-electron chi connectivity index (χ3n) is 3.72. The lowest BCUT2D eigenvalue weighted by molar-refractivity contribution is 0.134. The van der Waals surface area contributed by atoms with Crippen LogP contribution >= 0.6 is 15.9 Å². The molecule has 1 heterocycles. The van der Waals surface area contributed by atoms with Crippen LogP contribution in [0.4, 0.5) is 0 Å². The summed E-state index contributed by atoms with van der Waals surface area (Å²) < 4.78 is 11.9. The van der Waals surface area contributed by atoms with E-state index in [9.17, 15) is 0 Å². The molecule has 0 radical (unpaired) electrons. The molecule has 2 aromatic carbocycles. The van der Waals surface area contributed by atoms with E-state index in [1.54, 1.807) is 0 Å². The zero-order valence-corrected chi connectivity index (χ0v) is 13.5. The molecule has 0 fully saturated rings. The highest BCUT2D eigenvalue weighted by molar-refractivity contribution is 9.10. The maximum absolute atomic E-state index is 6.40. The van der Waals surface area contributed by atoms with Gasteiger partial charge in [-0.3, -0.25) is 0 Å². The van der Waals surface area contributed by atoms with Gasteiger partial charge in [0.2, 0.25) is 0 Å². The lowest BCUT2D eigenvalue weighted by atomic mass is 9.96. The second-order valence-corrected chi connectivity index (χ2v) is 5.98. The largest absolute Gasteiger partial charge is 0.493 e. The summed E-state index contributed by atoms with van der Waals surface area (Å²) in [6, 6.07) is 12.2. The van der Waals surface area contributed by atoms with Crippen LogP contribution < -0.4 is 10.5 Å². The highest BCUT2D eigenvalue weighted by atomic mass is 79.9. The molecule has 4 heteroatoms. The first kappa shape index (κ1) is 14.6. The summed E-state index contributed by atoms with van der Waals surface area (Å²) >= 11 is 3.54. The van der Waals surface area contributed by atoms with Gasteiger partial charge in [0.25, 0.3) is 0 Å². The molecule has 1 aliphatic heterocycles. The normalized spacial score (nSPS) is 14.8. The molecule has 0 amide bonds. The van der Waals surface area contributed by atoms with Gasteiger partial charge in [-0.2, -0.15) is 0 Å². The number of hydrogen-bond acceptors (Lipinski definition) is 3. The predicted molar refractivity (Wildman–Crippen MR) is 86.3 cm³/mol. The molecule has 3 rings (SSSR count). The van der Waals surface area contributed by atoms with Crippen LogP contribution in [0.15, 0.2) is 40.9 Å². The number of nitrogens with two attached hydrogens (primary N) is 1. The van der Waals surface area contributed by atoms with E-state index in [0.717, 1.165) is 21.3 Å². The van der Waals surface area contributed by atoms with Gasteiger partial charge in [-0.1, -0.05) is 24.3 Å². The molecule has 21 heavy (non-hydrogen) atoms. The quantitative estimate of drug-likeness (QED) is 0.911. The average molecular weight is 348 g/mol. The first-order valence-corrected chi connectivity index (χ1v) is 7.85. The topological polar surface area (TPSA) is 44.5 Å². The molecule has 110 valence electrons. The third kappa shape index (κ3) is 2.98. The fourth-order valence-corrected chi connectivity index (χ4v) is 3.07. The standard InChI is InChI=1S/C17H18BrNO2/c1-2-21-16-6-5-12(8-15(16)18)17(19)11-3-4-13-9-20-10-14(13)7-11/h3-8,17H,2,9-10,19H2,1H3. The summed E-state index contributed by atoms with van der Waals surface area (Å²) in [5, 5.41) is 0. The summed E-state index contributed by atoms with van der Waals surface area (Å²) in [5.41, 5.74) is 11.1. The van der Waals surface area contributed by atoms with Gasteiger partial charge in [0, 0.05) is 0 Å². The van der Waals surface area contributed by atoms with Gasteiger partial charge in [-0.25, -0.2) is 0 Å². The van der Waals surface area contributed by atoms with Crippen molar-refractivity contribution in [1.82, 2.24) is 0 Å². The molecule has 2 N–H and O–H groups in total. The Morgan fingerprint density at radius 3 is 2.62 bits per heavy atom. The van der Waals surface area contributed by atoms with E-state index in [0.29, 0.717) is 19.8 Å². The number of benzene rings is 2. The molecule has 1 aliphatic rings. The Kier molecular flexibility index (Phi) is 4.29. The lowest BCUT2D eigenvalue weighted by Gasteiger charge is -2.15. The molecule has 3 nitrogen and oxygen atoms in total. The third-order valence-corrected chi connectivity index (χ3v) is 4.34. The van der Waals surface area contributed by atoms with Crippen molar-refractivity contribution < 1.29 is 9.47 Å². The van der Waals surface area contributed by atoms with Crippen molar-refractivity contribution in [3.05, 3.63) is 63.1 Å². The van der Waals surface area contributed by atoms with Crippen LogP contribution in [0.2, 0.25) is 0 Å². The minimum absolute atomic E-state index is 0.150. The molecule has 0 aliphatic carbocycles. The van der Waals surface area contributed by atoms with Gasteiger partial charge in [0.1, 0.15) is 5.75 Å². The number of rotatable bonds is 4. The Balaban J connectivity index is 1.88. The smallest absolute Gasteiger partial charge is 0.133 e. The first-order chi connectivity index (χ1) is 10.2. The van der Waals surface area contributed by atoms with Gasteiger partial charge in [0.15, 0.2) is 0 Å². The minimum Gasteiger partial charge on any atom is -0.493 e. The van der Waals surface area contributed by atoms with E-state index >= 15 is 0 Å². The van der Waals surface area contributed by atoms with Crippen LogP contribution in [0, 0.1) is 0 Å². The van der Waals surface area contributed by atoms with E-state index < -0.39 is 0 Å². The van der Waals surface area contributed by atoms with Crippen LogP contribution in [0.5, 0.6) is 5.75 Å². The summed E-state index contributed by atoms with van der Waals surface area (Å²) in [6.07, 6.45) is 0. The average Bonchev–Trinajstić information content (AvgIpc) is 2.96. The second-order valence-electron chi connectivity index (χ2n) is 5.12. The molecule has 2 aromatic rings. The van der Waals surface area contributed by atoms with Gasteiger partial charge in [-0.15, -0.1) is 0 Å². The molecule has 1 atom stereocenters. The van der Waals surface area contributed by atoms with Crippen molar-refractivity contribution in [1.29, 1.82) is 0 Å². The Morgan fingerprint density at radius 2 is 1.86 bits per heavy atom. The zero-order valence-electron chi connectivity index (χ0n) is 11.9. The molecular formula is C17H18BrNO2. The second kappa shape index (κ2) is 6.18. The molecule has 0 saturated heterocycles.